The van der Waals surface area contributed by atoms with Gasteiger partial charge in [0.05, 0.1) is 0 Å². The minimum atomic E-state index is -0.248. The van der Waals surface area contributed by atoms with E-state index in [1.54, 1.807) is 23.3 Å². The summed E-state index contributed by atoms with van der Waals surface area (Å²) >= 11 is 0. The number of rotatable bonds is 7. The number of nitrogens with one attached hydrogen (secondary N) is 2. The van der Waals surface area contributed by atoms with Gasteiger partial charge >= 0.3 is 0 Å². The van der Waals surface area contributed by atoms with E-state index in [1.165, 1.54) is 13.3 Å². The number of aromatic amines is 1. The van der Waals surface area contributed by atoms with Gasteiger partial charge in [0.15, 0.2) is 11.6 Å². The molecular weight excluding hydrogens is 344 g/mol. The molecule has 0 aliphatic heterocycles. The van der Waals surface area contributed by atoms with Gasteiger partial charge in [0.25, 0.3) is 5.91 Å². The average Bonchev–Trinajstić information content (AvgIpc) is 3.28. The summed E-state index contributed by atoms with van der Waals surface area (Å²) < 4.78 is 1.55. The Hall–Kier alpha value is -3.29. The van der Waals surface area contributed by atoms with Crippen molar-refractivity contribution < 1.29 is 9.59 Å². The summed E-state index contributed by atoms with van der Waals surface area (Å²) in [6.07, 6.45) is 6.16. The number of pyridine rings is 1. The van der Waals surface area contributed by atoms with Gasteiger partial charge in [0.2, 0.25) is 0 Å². The van der Waals surface area contributed by atoms with Crippen LogP contribution >= 0.6 is 0 Å². The molecule has 0 saturated carbocycles. The van der Waals surface area contributed by atoms with Crippen LogP contribution in [0.2, 0.25) is 0 Å². The van der Waals surface area contributed by atoms with Crippen molar-refractivity contribution in [2.45, 2.75) is 40.2 Å². The Morgan fingerprint density at radius 3 is 2.81 bits per heavy atom. The van der Waals surface area contributed by atoms with Gasteiger partial charge in [-0.25, -0.2) is 14.6 Å². The first-order valence-corrected chi connectivity index (χ1v) is 8.82. The van der Waals surface area contributed by atoms with Gasteiger partial charge in [-0.05, 0) is 31.9 Å². The van der Waals surface area contributed by atoms with Crippen LogP contribution in [0, 0.1) is 6.92 Å². The van der Waals surface area contributed by atoms with Gasteiger partial charge in [0.1, 0.15) is 18.3 Å². The molecule has 3 aromatic heterocycles. The lowest BCUT2D eigenvalue weighted by atomic mass is 10.0. The molecule has 3 rings (SSSR count). The molecule has 0 fully saturated rings. The molecule has 0 aromatic carbocycles. The number of carbonyl (C=O) groups excluding carboxylic acids is 2. The molecule has 8 nitrogen and oxygen atoms in total. The lowest BCUT2D eigenvalue weighted by Gasteiger charge is -2.10. The van der Waals surface area contributed by atoms with Crippen molar-refractivity contribution in [2.24, 2.45) is 0 Å². The van der Waals surface area contributed by atoms with Crippen LogP contribution in [0.25, 0.3) is 5.82 Å². The molecule has 3 heterocycles. The van der Waals surface area contributed by atoms with Crippen LogP contribution in [0.1, 0.15) is 57.9 Å². The molecule has 0 saturated heterocycles. The predicted octanol–water partition coefficient (Wildman–Crippen LogP) is 2.38. The molecule has 0 atom stereocenters. The third-order valence-corrected chi connectivity index (χ3v) is 4.31. The van der Waals surface area contributed by atoms with Crippen molar-refractivity contribution in [1.82, 2.24) is 30.0 Å². The summed E-state index contributed by atoms with van der Waals surface area (Å²) in [4.78, 5) is 36.1. The van der Waals surface area contributed by atoms with E-state index >= 15 is 0 Å². The van der Waals surface area contributed by atoms with Crippen LogP contribution in [0.5, 0.6) is 0 Å². The first-order chi connectivity index (χ1) is 13.0. The van der Waals surface area contributed by atoms with Gasteiger partial charge < -0.3 is 10.3 Å². The number of aryl methyl sites for hydroxylation is 1. The molecule has 140 valence electrons. The van der Waals surface area contributed by atoms with Gasteiger partial charge in [-0.15, -0.1) is 0 Å². The zero-order chi connectivity index (χ0) is 19.4. The number of carbonyl (C=O) groups is 2. The van der Waals surface area contributed by atoms with Crippen molar-refractivity contribution in [3.05, 3.63) is 59.1 Å². The Kier molecular flexibility index (Phi) is 5.44. The molecular formula is C19H22N6O2. The Bertz CT molecular complexity index is 959. The smallest absolute Gasteiger partial charge is 0.268 e. The van der Waals surface area contributed by atoms with Gasteiger partial charge in [0, 0.05) is 29.6 Å². The van der Waals surface area contributed by atoms with Crippen molar-refractivity contribution in [3.8, 4) is 5.82 Å². The monoisotopic (exact) mass is 366 g/mol. The van der Waals surface area contributed by atoms with E-state index in [0.717, 1.165) is 23.2 Å². The van der Waals surface area contributed by atoms with E-state index in [2.05, 4.69) is 25.4 Å². The van der Waals surface area contributed by atoms with Crippen LogP contribution in [0.15, 0.2) is 31.0 Å². The average molecular weight is 366 g/mol. The van der Waals surface area contributed by atoms with Crippen LogP contribution in [-0.4, -0.2) is 36.4 Å². The molecule has 27 heavy (non-hydrogen) atoms. The highest BCUT2D eigenvalue weighted by Crippen LogP contribution is 2.21. The second-order valence-corrected chi connectivity index (χ2v) is 6.29. The topological polar surface area (TPSA) is 106 Å². The van der Waals surface area contributed by atoms with Crippen molar-refractivity contribution in [1.29, 1.82) is 0 Å². The van der Waals surface area contributed by atoms with Gasteiger partial charge in [-0.3, -0.25) is 9.59 Å². The summed E-state index contributed by atoms with van der Waals surface area (Å²) in [7, 11) is 0. The first-order valence-electron chi connectivity index (χ1n) is 8.82. The summed E-state index contributed by atoms with van der Waals surface area (Å²) in [5.74, 6) is 0.325. The molecule has 2 N–H and O–H groups in total. The summed E-state index contributed by atoms with van der Waals surface area (Å²) in [5.41, 5.74) is 3.38. The van der Waals surface area contributed by atoms with E-state index in [-0.39, 0.29) is 18.2 Å². The fraction of sp³-hybridized carbons (Fsp3) is 0.316. The quantitative estimate of drug-likeness (QED) is 0.625. The van der Waals surface area contributed by atoms with Crippen LogP contribution in [0.4, 0.5) is 0 Å². The highest BCUT2D eigenvalue weighted by Gasteiger charge is 2.22. The Morgan fingerprint density at radius 2 is 2.15 bits per heavy atom. The number of aromatic nitrogens is 5. The molecule has 1 amide bonds. The Balaban J connectivity index is 1.84. The van der Waals surface area contributed by atoms with E-state index in [1.807, 2.05) is 19.9 Å². The maximum absolute atomic E-state index is 12.8. The maximum atomic E-state index is 12.8. The number of Topliss-reactive ketones (excluding diaryl/α,β-unsaturated/α-hetero) is 1. The highest BCUT2D eigenvalue weighted by molar-refractivity contribution is 6.02. The summed E-state index contributed by atoms with van der Waals surface area (Å²) in [5, 5.41) is 7.00. The third-order valence-electron chi connectivity index (χ3n) is 4.31. The lowest BCUT2D eigenvalue weighted by molar-refractivity contribution is 0.0945. The van der Waals surface area contributed by atoms with Crippen LogP contribution in [0.3, 0.4) is 0 Å². The molecule has 0 aliphatic rings. The maximum Gasteiger partial charge on any atom is 0.268 e. The van der Waals surface area contributed by atoms with Crippen LogP contribution in [-0.2, 0) is 13.0 Å². The number of H-pyrrole nitrogens is 1. The van der Waals surface area contributed by atoms with E-state index in [0.29, 0.717) is 23.5 Å². The zero-order valence-corrected chi connectivity index (χ0v) is 15.6. The number of hydrogen-bond donors (Lipinski definition) is 2. The van der Waals surface area contributed by atoms with E-state index in [4.69, 9.17) is 0 Å². The predicted molar refractivity (Wildman–Crippen MR) is 99.9 cm³/mol. The van der Waals surface area contributed by atoms with E-state index in [9.17, 15) is 9.59 Å². The standard InChI is InChI=1S/C19H22N6O2/c1-4-6-15-16(13(3)26)12(2)24-17(15)19(27)22-9-14-7-5-8-21-18(14)25-11-20-10-23-25/h5,7-8,10-11,24H,4,6,9H2,1-3H3,(H,22,27). The highest BCUT2D eigenvalue weighted by atomic mass is 16.2. The lowest BCUT2D eigenvalue weighted by Crippen LogP contribution is -2.25. The minimum Gasteiger partial charge on any atom is -0.354 e. The second-order valence-electron chi connectivity index (χ2n) is 6.29. The fourth-order valence-corrected chi connectivity index (χ4v) is 3.20. The molecule has 0 bridgehead atoms. The van der Waals surface area contributed by atoms with Crippen molar-refractivity contribution in [2.75, 3.05) is 0 Å². The van der Waals surface area contributed by atoms with Crippen molar-refractivity contribution in [3.63, 3.8) is 0 Å². The second kappa shape index (κ2) is 7.94. The zero-order valence-electron chi connectivity index (χ0n) is 15.6. The Morgan fingerprint density at radius 1 is 1.33 bits per heavy atom. The first kappa shape index (κ1) is 18.5. The van der Waals surface area contributed by atoms with Gasteiger partial charge in [-0.2, -0.15) is 5.10 Å². The molecule has 8 heteroatoms. The summed E-state index contributed by atoms with van der Waals surface area (Å²) in [6, 6.07) is 3.68. The van der Waals surface area contributed by atoms with E-state index < -0.39 is 0 Å². The molecule has 0 radical (unpaired) electrons. The number of hydrogen-bond acceptors (Lipinski definition) is 5. The van der Waals surface area contributed by atoms with Crippen LogP contribution < -0.4 is 5.32 Å². The molecule has 0 unspecified atom stereocenters. The number of ketones is 1. The molecule has 0 aliphatic carbocycles. The normalized spacial score (nSPS) is 10.8. The van der Waals surface area contributed by atoms with Crippen molar-refractivity contribution >= 4 is 11.7 Å². The largest absolute Gasteiger partial charge is 0.354 e. The Labute approximate surface area is 157 Å². The fourth-order valence-electron chi connectivity index (χ4n) is 3.20. The number of amides is 1. The molecule has 3 aromatic rings. The minimum absolute atomic E-state index is 0.0352. The molecule has 0 spiro atoms. The van der Waals surface area contributed by atoms with Gasteiger partial charge in [-0.1, -0.05) is 19.4 Å². The summed E-state index contributed by atoms with van der Waals surface area (Å²) in [6.45, 7) is 5.64. The number of nitrogens with zero attached hydrogens (tertiary/aromatic N) is 4. The third kappa shape index (κ3) is 3.79. The SMILES string of the molecule is CCCc1c(C(=O)NCc2cccnc2-n2cncn2)[nH]c(C)c1C(C)=O.